The van der Waals surface area contributed by atoms with Gasteiger partial charge in [-0.1, -0.05) is 5.21 Å². The Morgan fingerprint density at radius 2 is 2.11 bits per heavy atom. The number of carbonyl (C=O) groups excluding carboxylic acids is 4. The average Bonchev–Trinajstić information content (AvgIpc) is 3.62. The molecule has 0 aliphatic carbocycles. The van der Waals surface area contributed by atoms with Gasteiger partial charge < -0.3 is 15.5 Å². The molecule has 1 saturated heterocycles. The lowest BCUT2D eigenvalue weighted by molar-refractivity contribution is -0.136. The van der Waals surface area contributed by atoms with Crippen molar-refractivity contribution in [2.75, 3.05) is 11.9 Å². The summed E-state index contributed by atoms with van der Waals surface area (Å²) in [6.07, 6.45) is 3.75. The van der Waals surface area contributed by atoms with E-state index in [0.29, 0.717) is 24.2 Å². The fourth-order valence-corrected chi connectivity index (χ4v) is 4.67. The van der Waals surface area contributed by atoms with Crippen LogP contribution < -0.4 is 16.0 Å². The van der Waals surface area contributed by atoms with Crippen LogP contribution >= 0.6 is 0 Å². The van der Waals surface area contributed by atoms with Gasteiger partial charge in [0, 0.05) is 37.2 Å². The molecule has 4 amide bonds. The number of piperidine rings is 1. The normalized spacial score (nSPS) is 18.8. The summed E-state index contributed by atoms with van der Waals surface area (Å²) in [6, 6.07) is 4.50. The number of amides is 4. The molecule has 35 heavy (non-hydrogen) atoms. The van der Waals surface area contributed by atoms with E-state index in [1.165, 1.54) is 15.8 Å². The van der Waals surface area contributed by atoms with Crippen molar-refractivity contribution in [3.63, 3.8) is 0 Å². The van der Waals surface area contributed by atoms with Gasteiger partial charge in [0.2, 0.25) is 11.8 Å². The lowest BCUT2D eigenvalue weighted by Gasteiger charge is -2.29. The second kappa shape index (κ2) is 8.04. The molecule has 0 radical (unpaired) electrons. The van der Waals surface area contributed by atoms with E-state index in [9.17, 15) is 19.2 Å². The van der Waals surface area contributed by atoms with Gasteiger partial charge in [-0.05, 0) is 30.2 Å². The Bertz CT molecular complexity index is 1390. The van der Waals surface area contributed by atoms with Crippen LogP contribution in [0.5, 0.6) is 0 Å². The Hall–Kier alpha value is -4.55. The maximum absolute atomic E-state index is 12.9. The van der Waals surface area contributed by atoms with Crippen molar-refractivity contribution in [1.29, 1.82) is 0 Å². The molecule has 3 aliphatic heterocycles. The van der Waals surface area contributed by atoms with Crippen molar-refractivity contribution in [1.82, 2.24) is 40.3 Å². The van der Waals surface area contributed by atoms with E-state index in [1.807, 2.05) is 4.68 Å². The number of anilines is 1. The standard InChI is InChI=1S/C22H21N9O4/c32-18-4-3-17(21(34)26-18)29-10-12-7-14(1-2-15(12)22(29)35)31-11-16(27-28-31)20(33)24-8-13-9-25-30-6-5-23-19(13)30/h1-2,7,9,11,17,23H,3-6,8,10H2,(H,24,33)(H,26,32,34). The van der Waals surface area contributed by atoms with Crippen molar-refractivity contribution < 1.29 is 19.2 Å². The smallest absolute Gasteiger partial charge is 0.273 e. The van der Waals surface area contributed by atoms with Crippen LogP contribution in [0.3, 0.4) is 0 Å². The molecule has 13 heteroatoms. The summed E-state index contributed by atoms with van der Waals surface area (Å²) < 4.78 is 3.32. The highest BCUT2D eigenvalue weighted by Gasteiger charge is 2.39. The summed E-state index contributed by atoms with van der Waals surface area (Å²) in [7, 11) is 0. The third-order valence-corrected chi connectivity index (χ3v) is 6.47. The Labute approximate surface area is 198 Å². The van der Waals surface area contributed by atoms with Crippen molar-refractivity contribution in [2.45, 2.75) is 38.5 Å². The fourth-order valence-electron chi connectivity index (χ4n) is 4.67. The predicted molar refractivity (Wildman–Crippen MR) is 119 cm³/mol. The minimum atomic E-state index is -0.676. The first-order valence-electron chi connectivity index (χ1n) is 11.2. The highest BCUT2D eigenvalue weighted by Crippen LogP contribution is 2.29. The largest absolute Gasteiger partial charge is 0.368 e. The first kappa shape index (κ1) is 21.0. The van der Waals surface area contributed by atoms with Gasteiger partial charge in [-0.25, -0.2) is 9.36 Å². The number of fused-ring (bicyclic) bond motifs is 2. The molecular weight excluding hydrogens is 454 g/mol. The molecule has 0 bridgehead atoms. The quantitative estimate of drug-likeness (QED) is 0.420. The monoisotopic (exact) mass is 475 g/mol. The summed E-state index contributed by atoms with van der Waals surface area (Å²) in [5.41, 5.74) is 2.92. The SMILES string of the molecule is O=C1CCC(N2Cc3cc(-n4cc(C(=O)NCc5cnn6c5NCC6)nn4)ccc3C2=O)C(=O)N1. The molecule has 1 aromatic carbocycles. The maximum Gasteiger partial charge on any atom is 0.273 e. The molecule has 1 unspecified atom stereocenters. The lowest BCUT2D eigenvalue weighted by Crippen LogP contribution is -2.52. The number of aromatic nitrogens is 5. The molecule has 6 rings (SSSR count). The van der Waals surface area contributed by atoms with E-state index in [2.05, 4.69) is 31.4 Å². The summed E-state index contributed by atoms with van der Waals surface area (Å²) in [6.45, 7) is 2.18. The molecule has 178 valence electrons. The number of benzene rings is 1. The Balaban J connectivity index is 1.15. The number of carbonyl (C=O) groups is 4. The van der Waals surface area contributed by atoms with Crippen molar-refractivity contribution in [3.8, 4) is 5.69 Å². The molecule has 0 spiro atoms. The number of rotatable bonds is 5. The molecule has 2 aromatic heterocycles. The van der Waals surface area contributed by atoms with Gasteiger partial charge in [0.25, 0.3) is 11.8 Å². The molecule has 3 aromatic rings. The fraction of sp³-hybridized carbons (Fsp3) is 0.318. The third-order valence-electron chi connectivity index (χ3n) is 6.47. The van der Waals surface area contributed by atoms with Crippen molar-refractivity contribution >= 4 is 29.4 Å². The van der Waals surface area contributed by atoms with Crippen LogP contribution in [-0.2, 0) is 29.2 Å². The van der Waals surface area contributed by atoms with Crippen molar-refractivity contribution in [2.24, 2.45) is 0 Å². The molecule has 3 aliphatic rings. The zero-order valence-corrected chi connectivity index (χ0v) is 18.5. The number of hydrogen-bond donors (Lipinski definition) is 3. The van der Waals surface area contributed by atoms with Gasteiger partial charge in [0.05, 0.1) is 24.6 Å². The van der Waals surface area contributed by atoms with Gasteiger partial charge in [-0.3, -0.25) is 24.5 Å². The predicted octanol–water partition coefficient (Wildman–Crippen LogP) is -0.420. The zero-order chi connectivity index (χ0) is 24.1. The van der Waals surface area contributed by atoms with Gasteiger partial charge in [0.15, 0.2) is 5.69 Å². The van der Waals surface area contributed by atoms with Crippen LogP contribution in [0.25, 0.3) is 5.69 Å². The van der Waals surface area contributed by atoms with Gasteiger partial charge >= 0.3 is 0 Å². The number of nitrogens with zero attached hydrogens (tertiary/aromatic N) is 6. The summed E-state index contributed by atoms with van der Waals surface area (Å²) in [5.74, 6) is -0.482. The molecule has 1 fully saturated rings. The Kier molecular flexibility index (Phi) is 4.83. The first-order chi connectivity index (χ1) is 17.0. The van der Waals surface area contributed by atoms with Crippen LogP contribution in [0, 0.1) is 0 Å². The lowest BCUT2D eigenvalue weighted by atomic mass is 10.0. The topological polar surface area (TPSA) is 156 Å². The molecule has 3 N–H and O–H groups in total. The van der Waals surface area contributed by atoms with E-state index in [-0.39, 0.29) is 36.4 Å². The number of imide groups is 1. The van der Waals surface area contributed by atoms with Gasteiger partial charge in [0.1, 0.15) is 11.9 Å². The summed E-state index contributed by atoms with van der Waals surface area (Å²) >= 11 is 0. The molecule has 1 atom stereocenters. The molecular formula is C22H21N9O4. The van der Waals surface area contributed by atoms with E-state index in [0.717, 1.165) is 30.0 Å². The zero-order valence-electron chi connectivity index (χ0n) is 18.5. The third kappa shape index (κ3) is 3.61. The average molecular weight is 475 g/mol. The van der Waals surface area contributed by atoms with Crippen LogP contribution in [0.15, 0.2) is 30.6 Å². The molecule has 0 saturated carbocycles. The Morgan fingerprint density at radius 3 is 2.97 bits per heavy atom. The van der Waals surface area contributed by atoms with Crippen molar-refractivity contribution in [3.05, 3.63) is 53.0 Å². The van der Waals surface area contributed by atoms with Gasteiger partial charge in [-0.15, -0.1) is 5.10 Å². The van der Waals surface area contributed by atoms with E-state index in [1.54, 1.807) is 24.4 Å². The second-order valence-corrected chi connectivity index (χ2v) is 8.64. The van der Waals surface area contributed by atoms with Crippen LogP contribution in [0.1, 0.15) is 44.8 Å². The highest BCUT2D eigenvalue weighted by atomic mass is 16.2. The van der Waals surface area contributed by atoms with Crippen LogP contribution in [-0.4, -0.2) is 65.9 Å². The van der Waals surface area contributed by atoms with E-state index >= 15 is 0 Å². The Morgan fingerprint density at radius 1 is 1.23 bits per heavy atom. The second-order valence-electron chi connectivity index (χ2n) is 8.64. The van der Waals surface area contributed by atoms with E-state index < -0.39 is 11.9 Å². The van der Waals surface area contributed by atoms with Crippen LogP contribution in [0.2, 0.25) is 0 Å². The first-order valence-corrected chi connectivity index (χ1v) is 11.2. The van der Waals surface area contributed by atoms with Gasteiger partial charge in [-0.2, -0.15) is 5.10 Å². The minimum Gasteiger partial charge on any atom is -0.368 e. The van der Waals surface area contributed by atoms with Crippen LogP contribution in [0.4, 0.5) is 5.82 Å². The minimum absolute atomic E-state index is 0.156. The summed E-state index contributed by atoms with van der Waals surface area (Å²) in [4.78, 5) is 50.6. The van der Waals surface area contributed by atoms with E-state index in [4.69, 9.17) is 0 Å². The summed E-state index contributed by atoms with van der Waals surface area (Å²) in [5, 5.41) is 20.7. The number of hydrogen-bond acceptors (Lipinski definition) is 8. The highest BCUT2D eigenvalue weighted by molar-refractivity contribution is 6.05. The molecule has 5 heterocycles. The molecule has 13 nitrogen and oxygen atoms in total. The number of nitrogens with one attached hydrogen (secondary N) is 3. The maximum atomic E-state index is 12.9.